The SMILES string of the molecule is C.C.C.C.CC(C)(C)C(=O)c1ccc(-c2ccc(NC(=O)c3ccc(N)cc3)cc2)[nH]1.CC(C)(C)C(=O)c1ccc(-c2ccc(NC(=O)c3ccc(N)cc3)cc2)o1.CC(C)(C)C(=O)c1cn(-c2ccc(NC(=O)c3ccc(N)cc3)cc2)nn1.CC(C)(C)C(=O)c1nc(-c2ccc(NC(=O)c3ccc(N)cc3)cc2)cs1. The van der Waals surface area contributed by atoms with Crippen molar-refractivity contribution >= 4 is 104 Å². The van der Waals surface area contributed by atoms with Gasteiger partial charge in [0.2, 0.25) is 5.78 Å². The zero-order chi connectivity index (χ0) is 78.4. The van der Waals surface area contributed by atoms with Gasteiger partial charge in [-0.25, -0.2) is 9.67 Å². The fraction of sp³-hybridized carbons (Fsp3) is 0.225. The molecule has 13 N–H and O–H groups in total. The van der Waals surface area contributed by atoms with E-state index in [-0.39, 0.29) is 76.5 Å². The van der Waals surface area contributed by atoms with Gasteiger partial charge >= 0.3 is 0 Å². The third-order valence-corrected chi connectivity index (χ3v) is 17.2. The highest BCUT2D eigenvalue weighted by Crippen LogP contribution is 2.32. The molecule has 4 aromatic heterocycles. The summed E-state index contributed by atoms with van der Waals surface area (Å²) in [4.78, 5) is 106. The molecule has 0 aliphatic heterocycles. The number of hydrogen-bond acceptors (Lipinski definition) is 17. The first-order chi connectivity index (χ1) is 50.9. The molecule has 4 heterocycles. The summed E-state index contributed by atoms with van der Waals surface area (Å²) in [5.74, 6) is 0.127. The molecule has 112 heavy (non-hydrogen) atoms. The van der Waals surface area contributed by atoms with Crippen LogP contribution in [0.2, 0.25) is 0 Å². The predicted molar refractivity (Wildman–Crippen MR) is 457 cm³/mol. The summed E-state index contributed by atoms with van der Waals surface area (Å²) < 4.78 is 7.24. The van der Waals surface area contributed by atoms with Crippen LogP contribution in [-0.2, 0) is 0 Å². The number of anilines is 8. The molecule has 0 saturated heterocycles. The molecule has 0 radical (unpaired) electrons. The Balaban J connectivity index is 0.000000264. The molecule has 0 unspecified atom stereocenters. The van der Waals surface area contributed by atoms with Crippen LogP contribution < -0.4 is 44.2 Å². The average molecular weight is 1530 g/mol. The second-order valence-electron chi connectivity index (χ2n) is 29.4. The van der Waals surface area contributed by atoms with Crippen molar-refractivity contribution in [2.45, 2.75) is 113 Å². The number of carbonyl (C=O) groups excluding carboxylic acids is 8. The molecule has 4 amide bonds. The first kappa shape index (κ1) is 89.5. The smallest absolute Gasteiger partial charge is 0.255 e. The molecule has 12 aromatic rings. The quantitative estimate of drug-likeness (QED) is 0.0320. The summed E-state index contributed by atoms with van der Waals surface area (Å²) in [5, 5.41) is 21.7. The highest BCUT2D eigenvalue weighted by Gasteiger charge is 2.29. The van der Waals surface area contributed by atoms with E-state index in [1.807, 2.05) is 155 Å². The maximum absolute atomic E-state index is 12.4. The fourth-order valence-electron chi connectivity index (χ4n) is 10.0. The van der Waals surface area contributed by atoms with Crippen molar-refractivity contribution < 1.29 is 42.8 Å². The maximum Gasteiger partial charge on any atom is 0.255 e. The topological polar surface area (TPSA) is 361 Å². The number of Topliss-reactive ketones (excluding diaryl/α,β-unsaturated/α-hetero) is 4. The number of aromatic amines is 1. The lowest BCUT2D eigenvalue weighted by atomic mass is 9.89. The van der Waals surface area contributed by atoms with Gasteiger partial charge in [0.05, 0.1) is 23.3 Å². The van der Waals surface area contributed by atoms with Crippen molar-refractivity contribution in [3.63, 3.8) is 0 Å². The minimum atomic E-state index is -0.517. The first-order valence-electron chi connectivity index (χ1n) is 34.4. The number of hydrogen-bond donors (Lipinski definition) is 9. The predicted octanol–water partition coefficient (Wildman–Crippen LogP) is 20.5. The molecule has 0 atom stereocenters. The van der Waals surface area contributed by atoms with E-state index < -0.39 is 21.7 Å². The van der Waals surface area contributed by atoms with Gasteiger partial charge in [0.15, 0.2) is 28.1 Å². The van der Waals surface area contributed by atoms with E-state index in [4.69, 9.17) is 27.4 Å². The number of thiazole rings is 1. The van der Waals surface area contributed by atoms with Gasteiger partial charge in [-0.15, -0.1) is 16.4 Å². The van der Waals surface area contributed by atoms with Crippen LogP contribution in [0.5, 0.6) is 0 Å². The molecule has 8 aromatic carbocycles. The lowest BCUT2D eigenvalue weighted by molar-refractivity contribution is 0.0827. The molecular weight excluding hydrogens is 1430 g/mol. The number of nitrogens with zero attached hydrogens (tertiary/aromatic N) is 4. The van der Waals surface area contributed by atoms with Gasteiger partial charge in [-0.2, -0.15) is 0 Å². The summed E-state index contributed by atoms with van der Waals surface area (Å²) in [7, 11) is 0. The number of ketones is 4. The number of H-pyrrole nitrogens is 1. The summed E-state index contributed by atoms with van der Waals surface area (Å²) in [5.41, 5.74) is 33.8. The zero-order valence-corrected chi connectivity index (χ0v) is 62.9. The lowest BCUT2D eigenvalue weighted by Gasteiger charge is -2.15. The third kappa shape index (κ3) is 24.4. The Morgan fingerprint density at radius 1 is 0.384 bits per heavy atom. The second kappa shape index (κ2) is 38.3. The highest BCUT2D eigenvalue weighted by molar-refractivity contribution is 7.12. The molecule has 23 heteroatoms. The van der Waals surface area contributed by atoms with E-state index in [1.54, 1.807) is 158 Å². The number of nitrogens with two attached hydrogens (primary N) is 4. The fourth-order valence-corrected chi connectivity index (χ4v) is 11.0. The van der Waals surface area contributed by atoms with Crippen molar-refractivity contribution in [1.29, 1.82) is 0 Å². The van der Waals surface area contributed by atoms with Gasteiger partial charge in [0.1, 0.15) is 11.5 Å². The molecule has 0 bridgehead atoms. The summed E-state index contributed by atoms with van der Waals surface area (Å²) in [6, 6.07) is 63.3. The van der Waals surface area contributed by atoms with Crippen LogP contribution in [0.25, 0.3) is 39.5 Å². The molecule has 0 aliphatic carbocycles. The Morgan fingerprint density at radius 2 is 0.732 bits per heavy atom. The monoisotopic (exact) mass is 1530 g/mol. The molecule has 0 aliphatic rings. The van der Waals surface area contributed by atoms with Gasteiger partial charge in [-0.1, -0.05) is 142 Å². The zero-order valence-electron chi connectivity index (χ0n) is 62.1. The van der Waals surface area contributed by atoms with Gasteiger partial charge in [0.25, 0.3) is 23.6 Å². The van der Waals surface area contributed by atoms with Crippen LogP contribution in [0, 0.1) is 21.7 Å². The van der Waals surface area contributed by atoms with Crippen molar-refractivity contribution in [1.82, 2.24) is 25.0 Å². The van der Waals surface area contributed by atoms with Gasteiger partial charge in [-0.3, -0.25) is 38.4 Å². The first-order valence-corrected chi connectivity index (χ1v) is 35.3. The van der Waals surface area contributed by atoms with E-state index >= 15 is 0 Å². The summed E-state index contributed by atoms with van der Waals surface area (Å²) >= 11 is 1.35. The minimum absolute atomic E-state index is 0. The number of aromatic nitrogens is 5. The van der Waals surface area contributed by atoms with Crippen molar-refractivity contribution in [2.75, 3.05) is 44.2 Å². The Kier molecular flexibility index (Phi) is 30.6. The largest absolute Gasteiger partial charge is 0.453 e. The Morgan fingerprint density at radius 3 is 1.10 bits per heavy atom. The van der Waals surface area contributed by atoms with Gasteiger partial charge < -0.3 is 53.6 Å². The van der Waals surface area contributed by atoms with E-state index in [9.17, 15) is 38.4 Å². The van der Waals surface area contributed by atoms with Crippen LogP contribution in [0.3, 0.4) is 0 Å². The van der Waals surface area contributed by atoms with Crippen LogP contribution in [0.4, 0.5) is 45.5 Å². The van der Waals surface area contributed by atoms with E-state index in [0.29, 0.717) is 95.7 Å². The van der Waals surface area contributed by atoms with Crippen LogP contribution in [0.15, 0.2) is 234 Å². The highest BCUT2D eigenvalue weighted by atomic mass is 32.1. The number of furan rings is 1. The minimum Gasteiger partial charge on any atom is -0.453 e. The number of amides is 4. The molecule has 0 fully saturated rings. The average Bonchev–Trinajstić information content (AvgIpc) is 1.23. The molecule has 12 rings (SSSR count). The third-order valence-electron chi connectivity index (χ3n) is 16.3. The number of benzene rings is 8. The number of nitrogen functional groups attached to an aromatic ring is 4. The second-order valence-corrected chi connectivity index (χ2v) is 30.3. The molecule has 0 spiro atoms. The van der Waals surface area contributed by atoms with Crippen LogP contribution in [-0.4, -0.2) is 71.7 Å². The summed E-state index contributed by atoms with van der Waals surface area (Å²) in [6.45, 7) is 22.4. The van der Waals surface area contributed by atoms with E-state index in [1.165, 1.54) is 16.0 Å². The Hall–Kier alpha value is -13.2. The maximum atomic E-state index is 12.4. The van der Waals surface area contributed by atoms with E-state index in [2.05, 4.69) is 41.5 Å². The normalized spacial score (nSPS) is 10.8. The number of nitrogens with one attached hydrogen (secondary N) is 5. The van der Waals surface area contributed by atoms with E-state index in [0.717, 1.165) is 33.8 Å². The molecule has 0 saturated carbocycles. The van der Waals surface area contributed by atoms with Crippen molar-refractivity contribution in [2.24, 2.45) is 21.7 Å². The van der Waals surface area contributed by atoms with Gasteiger partial charge in [-0.05, 0) is 200 Å². The van der Waals surface area contributed by atoms with Crippen LogP contribution in [0.1, 0.15) is 196 Å². The standard InChI is InChI=1S/C22H23N3O2.C22H22N2O3.C21H21N3O2S.C20H21N5O2.4CH4/c1-22(2,3)20(26)19-13-12-18(25-19)14-6-10-17(11-7-14)24-21(27)15-4-8-16(23)9-5-15;1-22(2,3)20(25)19-13-12-18(27-19)14-6-10-17(11-7-14)24-21(26)15-4-8-16(23)9-5-15;1-21(2,3)18(25)20-24-17(12-27-20)13-6-10-16(11-7-13)23-19(26)14-4-8-15(22)9-5-14;1-20(2,3)18(26)17-12-25(24-23-17)16-10-8-15(9-11-16)22-19(27)13-4-6-14(21)7-5-13;;;;/h4-13,25H,23H2,1-3H3,(H,24,27);4-13H,23H2,1-3H3,(H,24,26);4-12H,22H2,1-3H3,(H,23,26);4-12H,21H2,1-3H3,(H,22,27);4*1H4. The Bertz CT molecular complexity index is 4520. The number of carbonyl (C=O) groups is 8. The molecular formula is C89H103N13O9S. The van der Waals surface area contributed by atoms with Crippen molar-refractivity contribution in [3.05, 3.63) is 274 Å². The molecule has 22 nitrogen and oxygen atoms in total. The number of rotatable bonds is 16. The van der Waals surface area contributed by atoms with Crippen molar-refractivity contribution in [3.8, 4) is 39.5 Å². The van der Waals surface area contributed by atoms with Gasteiger partial charge in [0, 0.05) is 112 Å². The lowest BCUT2D eigenvalue weighted by Crippen LogP contribution is -2.20. The summed E-state index contributed by atoms with van der Waals surface area (Å²) in [6.07, 6.45) is 1.61. The molecule has 584 valence electrons. The van der Waals surface area contributed by atoms with Crippen LogP contribution >= 0.6 is 11.3 Å². The Labute approximate surface area is 660 Å².